The molecule has 5 heteroatoms. The van der Waals surface area contributed by atoms with Crippen molar-refractivity contribution in [3.05, 3.63) is 121 Å². The van der Waals surface area contributed by atoms with Crippen molar-refractivity contribution in [2.45, 2.75) is 6.16 Å². The first-order chi connectivity index (χ1) is 13.2. The molecular weight excluding hydrogens is 420 g/mol. The fourth-order valence-corrected chi connectivity index (χ4v) is 9.90. The first-order valence-electron chi connectivity index (χ1n) is 9.00. The van der Waals surface area contributed by atoms with Crippen molar-refractivity contribution in [3.8, 4) is 0 Å². The Labute approximate surface area is 183 Å². The molecule has 2 N–H and O–H groups in total. The van der Waals surface area contributed by atoms with E-state index < -0.39 is 5.96 Å². The quantitative estimate of drug-likeness (QED) is 0.406. The summed E-state index contributed by atoms with van der Waals surface area (Å²) >= 11 is 8.01. The molecule has 2 nitrogen and oxygen atoms in total. The molecule has 0 fully saturated rings. The zero-order chi connectivity index (χ0) is 18.6. The molecule has 3 aromatic carbocycles. The van der Waals surface area contributed by atoms with Gasteiger partial charge in [-0.15, -0.1) is 12.4 Å². The van der Waals surface area contributed by atoms with Crippen molar-refractivity contribution < 1.29 is 5.48 Å². The first-order valence-corrected chi connectivity index (χ1v) is 12.3. The Balaban J connectivity index is 0.00000150. The van der Waals surface area contributed by atoms with Crippen LogP contribution < -0.4 is 15.9 Å². The minimum Gasteiger partial charge on any atom is -0.412 e. The number of rotatable bonds is 5. The third kappa shape index (κ3) is 4.08. The molecule has 0 atom stereocenters. The minimum absolute atomic E-state index is 0. The van der Waals surface area contributed by atoms with Gasteiger partial charge in [-0.05, 0) is 0 Å². The van der Waals surface area contributed by atoms with Crippen LogP contribution in [0.3, 0.4) is 0 Å². The van der Waals surface area contributed by atoms with Crippen molar-refractivity contribution in [1.29, 1.82) is 0 Å². The molecule has 0 aliphatic rings. The van der Waals surface area contributed by atoms with Gasteiger partial charge in [0.15, 0.2) is 0 Å². The summed E-state index contributed by atoms with van der Waals surface area (Å²) in [7, 11) is 0. The monoisotopic (exact) mass is 443 g/mol. The summed E-state index contributed by atoms with van der Waals surface area (Å²) in [5, 5.41) is 3.52. The number of pyridine rings is 1. The molecule has 4 rings (SSSR count). The summed E-state index contributed by atoms with van der Waals surface area (Å²) in [6, 6.07) is 35.7. The fraction of sp³-hybridized carbons (Fsp3) is 0.0417. The van der Waals surface area contributed by atoms with Gasteiger partial charge in [0.2, 0.25) is 0 Å². The maximum atomic E-state index is 8.01. The van der Waals surface area contributed by atoms with E-state index in [2.05, 4.69) is 83.8 Å². The van der Waals surface area contributed by atoms with E-state index in [1.807, 2.05) is 30.5 Å². The molecule has 0 saturated heterocycles. The average Bonchev–Trinajstić information content (AvgIpc) is 2.76. The second kappa shape index (κ2) is 9.52. The largest absolute Gasteiger partial charge is 0.412 e. The van der Waals surface area contributed by atoms with Gasteiger partial charge >= 0.3 is 165 Å². The van der Waals surface area contributed by atoms with E-state index in [9.17, 15) is 0 Å². The van der Waals surface area contributed by atoms with Crippen molar-refractivity contribution >= 4 is 45.5 Å². The standard InChI is InChI=1S/C24H21ClNP.ClH.H2O/c25-27(22-12-4-1-5-13-22,23-14-6-2-7-15-23,24-16-8-3-9-17-24)20-21-11-10-18-26-19-21;;/h1-19H,20H2;1H;1H2. The van der Waals surface area contributed by atoms with Gasteiger partial charge in [-0.25, -0.2) is 0 Å². The minimum atomic E-state index is -3.25. The maximum absolute atomic E-state index is 8.01. The van der Waals surface area contributed by atoms with Crippen LogP contribution in [0.2, 0.25) is 0 Å². The van der Waals surface area contributed by atoms with Gasteiger partial charge in [0.05, 0.1) is 0 Å². The summed E-state index contributed by atoms with van der Waals surface area (Å²) < 4.78 is 0. The zero-order valence-electron chi connectivity index (χ0n) is 15.9. The van der Waals surface area contributed by atoms with Crippen LogP contribution in [-0.2, 0) is 6.16 Å². The smallest absolute Gasteiger partial charge is 0.412 e. The molecule has 4 aromatic rings. The normalized spacial score (nSPS) is 12.0. The van der Waals surface area contributed by atoms with E-state index in [0.717, 1.165) is 11.7 Å². The van der Waals surface area contributed by atoms with E-state index in [1.165, 1.54) is 15.9 Å². The molecule has 29 heavy (non-hydrogen) atoms. The predicted molar refractivity (Wildman–Crippen MR) is 130 cm³/mol. The van der Waals surface area contributed by atoms with Crippen LogP contribution in [0, 0.1) is 0 Å². The van der Waals surface area contributed by atoms with Crippen molar-refractivity contribution in [2.24, 2.45) is 0 Å². The number of hydrogen-bond donors (Lipinski definition) is 0. The second-order valence-electron chi connectivity index (χ2n) is 6.71. The summed E-state index contributed by atoms with van der Waals surface area (Å²) in [6.45, 7) is 0. The average molecular weight is 444 g/mol. The van der Waals surface area contributed by atoms with Gasteiger partial charge < -0.3 is 5.48 Å². The number of benzene rings is 3. The van der Waals surface area contributed by atoms with Gasteiger partial charge in [-0.2, -0.15) is 0 Å². The van der Waals surface area contributed by atoms with E-state index >= 15 is 0 Å². The van der Waals surface area contributed by atoms with Crippen LogP contribution in [0.1, 0.15) is 5.56 Å². The van der Waals surface area contributed by atoms with Gasteiger partial charge in [0, 0.05) is 0 Å². The van der Waals surface area contributed by atoms with Crippen LogP contribution in [0.15, 0.2) is 116 Å². The second-order valence-corrected chi connectivity index (χ2v) is 13.2. The van der Waals surface area contributed by atoms with Gasteiger partial charge in [-0.3, -0.25) is 0 Å². The van der Waals surface area contributed by atoms with Crippen molar-refractivity contribution in [1.82, 2.24) is 4.98 Å². The number of aromatic nitrogens is 1. The molecule has 0 bridgehead atoms. The van der Waals surface area contributed by atoms with Crippen molar-refractivity contribution in [2.75, 3.05) is 0 Å². The van der Waals surface area contributed by atoms with Crippen LogP contribution in [0.25, 0.3) is 0 Å². The Hall–Kier alpha value is -2.22. The Bertz CT molecular complexity index is 916. The first kappa shape index (κ1) is 23.1. The molecule has 0 spiro atoms. The molecule has 0 amide bonds. The summed E-state index contributed by atoms with van der Waals surface area (Å²) in [5.74, 6) is -3.25. The Morgan fingerprint density at radius 1 is 0.621 bits per heavy atom. The van der Waals surface area contributed by atoms with Crippen LogP contribution >= 0.6 is 29.6 Å². The predicted octanol–water partition coefficient (Wildman–Crippen LogP) is 4.86. The van der Waals surface area contributed by atoms with Gasteiger partial charge in [0.1, 0.15) is 0 Å². The summed E-state index contributed by atoms with van der Waals surface area (Å²) in [6.07, 6.45) is 4.46. The molecule has 0 saturated carbocycles. The van der Waals surface area contributed by atoms with Gasteiger partial charge in [-0.1, -0.05) is 0 Å². The molecule has 0 aliphatic carbocycles. The van der Waals surface area contributed by atoms with E-state index in [4.69, 9.17) is 11.2 Å². The summed E-state index contributed by atoms with van der Waals surface area (Å²) in [5.41, 5.74) is 1.14. The molecule has 1 heterocycles. The number of halogens is 2. The van der Waals surface area contributed by atoms with Crippen LogP contribution in [0.5, 0.6) is 0 Å². The fourth-order valence-electron chi connectivity index (χ4n) is 3.77. The Morgan fingerprint density at radius 2 is 1.03 bits per heavy atom. The molecule has 0 unspecified atom stereocenters. The van der Waals surface area contributed by atoms with E-state index in [-0.39, 0.29) is 17.9 Å². The molecule has 150 valence electrons. The SMILES string of the molecule is Cl.ClP(Cc1cccnc1)(c1ccccc1)(c1ccccc1)c1ccccc1.O. The van der Waals surface area contributed by atoms with E-state index in [0.29, 0.717) is 0 Å². The maximum Gasteiger partial charge on any atom is -0.412 e. The van der Waals surface area contributed by atoms with Crippen LogP contribution in [0.4, 0.5) is 0 Å². The topological polar surface area (TPSA) is 44.4 Å². The number of hydrogen-bond acceptors (Lipinski definition) is 1. The zero-order valence-corrected chi connectivity index (χ0v) is 18.3. The molecule has 0 aliphatic heterocycles. The van der Waals surface area contributed by atoms with Crippen molar-refractivity contribution in [3.63, 3.8) is 0 Å². The third-order valence-corrected chi connectivity index (χ3v) is 12.3. The number of nitrogens with zero attached hydrogens (tertiary/aromatic N) is 1. The van der Waals surface area contributed by atoms with Crippen LogP contribution in [-0.4, -0.2) is 10.5 Å². The summed E-state index contributed by atoms with van der Waals surface area (Å²) in [4.78, 5) is 4.34. The van der Waals surface area contributed by atoms with E-state index in [1.54, 1.807) is 6.20 Å². The molecule has 0 radical (unpaired) electrons. The molecular formula is C24H24Cl2NOP. The Morgan fingerprint density at radius 3 is 1.38 bits per heavy atom. The Kier molecular flexibility index (Phi) is 7.57. The molecule has 1 aromatic heterocycles. The van der Waals surface area contributed by atoms with Gasteiger partial charge in [0.25, 0.3) is 0 Å². The third-order valence-electron chi connectivity index (χ3n) is 5.09.